The zero-order valence-corrected chi connectivity index (χ0v) is 15.0. The molecule has 2 aromatic rings. The minimum atomic E-state index is -0.927. The molecule has 1 aliphatic carbocycles. The zero-order valence-electron chi connectivity index (χ0n) is 15.0. The fourth-order valence-corrected chi connectivity index (χ4v) is 4.67. The SMILES string of the molecule is C[C@H](O)C(=O)N1C[C@H]2CC(N(C)c3c(C#N)cnc4[nH]ccc34)C[C@@H]2C1. The number of anilines is 1. The quantitative estimate of drug-likeness (QED) is 0.871. The Kier molecular flexibility index (Phi) is 4.08. The number of likely N-dealkylation sites (tertiary alicyclic amines) is 1. The summed E-state index contributed by atoms with van der Waals surface area (Å²) in [5.41, 5.74) is 2.31. The molecule has 0 aromatic carbocycles. The highest BCUT2D eigenvalue weighted by atomic mass is 16.3. The first-order valence-electron chi connectivity index (χ1n) is 9.05. The second kappa shape index (κ2) is 6.29. The van der Waals surface area contributed by atoms with Crippen molar-refractivity contribution in [1.82, 2.24) is 14.9 Å². The lowest BCUT2D eigenvalue weighted by Crippen LogP contribution is -2.38. The maximum atomic E-state index is 12.0. The highest BCUT2D eigenvalue weighted by Crippen LogP contribution is 2.42. The van der Waals surface area contributed by atoms with E-state index in [-0.39, 0.29) is 5.91 Å². The van der Waals surface area contributed by atoms with Gasteiger partial charge in [-0.2, -0.15) is 5.26 Å². The number of nitrogens with zero attached hydrogens (tertiary/aromatic N) is 4. The van der Waals surface area contributed by atoms with Crippen molar-refractivity contribution in [3.63, 3.8) is 0 Å². The first-order valence-corrected chi connectivity index (χ1v) is 9.05. The van der Waals surface area contributed by atoms with Crippen LogP contribution in [-0.4, -0.2) is 58.2 Å². The minimum absolute atomic E-state index is 0.167. The van der Waals surface area contributed by atoms with Crippen LogP contribution in [0, 0.1) is 23.2 Å². The maximum Gasteiger partial charge on any atom is 0.251 e. The Balaban J connectivity index is 1.54. The van der Waals surface area contributed by atoms with E-state index in [1.165, 1.54) is 6.92 Å². The standard InChI is InChI=1S/C19H23N5O2/c1-11(25)19(26)24-9-12-5-15(6-13(12)10-24)23(2)17-14(7-20)8-22-18-16(17)3-4-21-18/h3-4,8,11-13,15,25H,5-6,9-10H2,1-2H3,(H,21,22)/t11-,12+,13+/m0/s1. The number of carbonyl (C=O) groups is 1. The summed E-state index contributed by atoms with van der Waals surface area (Å²) >= 11 is 0. The third kappa shape index (κ3) is 2.61. The van der Waals surface area contributed by atoms with Crippen molar-refractivity contribution in [1.29, 1.82) is 5.26 Å². The van der Waals surface area contributed by atoms with E-state index in [1.807, 2.05) is 19.3 Å². The van der Waals surface area contributed by atoms with Crippen molar-refractivity contribution in [2.45, 2.75) is 31.9 Å². The zero-order chi connectivity index (χ0) is 18.4. The fourth-order valence-electron chi connectivity index (χ4n) is 4.67. The molecule has 7 heteroatoms. The predicted octanol–water partition coefficient (Wildman–Crippen LogP) is 1.49. The van der Waals surface area contributed by atoms with E-state index >= 15 is 0 Å². The monoisotopic (exact) mass is 353 g/mol. The van der Waals surface area contributed by atoms with Gasteiger partial charge in [0.25, 0.3) is 5.91 Å². The number of aromatic nitrogens is 2. The van der Waals surface area contributed by atoms with Crippen LogP contribution >= 0.6 is 0 Å². The number of fused-ring (bicyclic) bond motifs is 2. The van der Waals surface area contributed by atoms with Crippen molar-refractivity contribution in [2.24, 2.45) is 11.8 Å². The Morgan fingerprint density at radius 3 is 2.77 bits per heavy atom. The Labute approximate surface area is 152 Å². The van der Waals surface area contributed by atoms with Crippen molar-refractivity contribution in [3.05, 3.63) is 24.0 Å². The molecule has 0 unspecified atom stereocenters. The number of pyridine rings is 1. The number of hydrogen-bond acceptors (Lipinski definition) is 5. The van der Waals surface area contributed by atoms with Gasteiger partial charge < -0.3 is 19.9 Å². The van der Waals surface area contributed by atoms with Crippen LogP contribution in [0.25, 0.3) is 11.0 Å². The van der Waals surface area contributed by atoms with Gasteiger partial charge in [-0.15, -0.1) is 0 Å². The summed E-state index contributed by atoms with van der Waals surface area (Å²) in [6.45, 7) is 2.97. The summed E-state index contributed by atoms with van der Waals surface area (Å²) in [7, 11) is 2.05. The first kappa shape index (κ1) is 16.9. The number of aromatic amines is 1. The lowest BCUT2D eigenvalue weighted by Gasteiger charge is -2.29. The molecule has 0 bridgehead atoms. The van der Waals surface area contributed by atoms with Gasteiger partial charge in [0.15, 0.2) is 0 Å². The smallest absolute Gasteiger partial charge is 0.251 e. The molecule has 2 fully saturated rings. The highest BCUT2D eigenvalue weighted by Gasteiger charge is 2.44. The van der Waals surface area contributed by atoms with Crippen LogP contribution in [0.3, 0.4) is 0 Å². The number of hydrogen-bond donors (Lipinski definition) is 2. The molecule has 1 saturated carbocycles. The van der Waals surface area contributed by atoms with Gasteiger partial charge in [0.2, 0.25) is 0 Å². The van der Waals surface area contributed by atoms with Gasteiger partial charge in [-0.3, -0.25) is 4.79 Å². The molecule has 0 spiro atoms. The molecular weight excluding hydrogens is 330 g/mol. The van der Waals surface area contributed by atoms with Crippen LogP contribution in [0.5, 0.6) is 0 Å². The molecule has 136 valence electrons. The number of aliphatic hydroxyl groups is 1. The molecule has 0 radical (unpaired) electrons. The number of H-pyrrole nitrogens is 1. The molecule has 1 aliphatic heterocycles. The Bertz CT molecular complexity index is 870. The average molecular weight is 353 g/mol. The number of carbonyl (C=O) groups excluding carboxylic acids is 1. The number of amides is 1. The van der Waals surface area contributed by atoms with Crippen LogP contribution in [0.15, 0.2) is 18.5 Å². The van der Waals surface area contributed by atoms with Crippen LogP contribution < -0.4 is 4.90 Å². The Morgan fingerprint density at radius 1 is 1.46 bits per heavy atom. The van der Waals surface area contributed by atoms with Crippen LogP contribution in [0.1, 0.15) is 25.3 Å². The topological polar surface area (TPSA) is 96.2 Å². The summed E-state index contributed by atoms with van der Waals surface area (Å²) in [6, 6.07) is 4.57. The number of aliphatic hydroxyl groups excluding tert-OH is 1. The molecule has 4 rings (SSSR count). The number of rotatable bonds is 3. The third-order valence-corrected chi connectivity index (χ3v) is 5.97. The van der Waals surface area contributed by atoms with Gasteiger partial charge in [-0.25, -0.2) is 4.98 Å². The average Bonchev–Trinajstić information content (AvgIpc) is 3.32. The lowest BCUT2D eigenvalue weighted by atomic mass is 10.0. The molecule has 2 aromatic heterocycles. The van der Waals surface area contributed by atoms with Crippen molar-refractivity contribution in [3.8, 4) is 6.07 Å². The molecule has 26 heavy (non-hydrogen) atoms. The van der Waals surface area contributed by atoms with Crippen molar-refractivity contribution in [2.75, 3.05) is 25.0 Å². The van der Waals surface area contributed by atoms with Gasteiger partial charge in [-0.05, 0) is 37.7 Å². The van der Waals surface area contributed by atoms with E-state index in [4.69, 9.17) is 0 Å². The van der Waals surface area contributed by atoms with Gasteiger partial charge >= 0.3 is 0 Å². The van der Waals surface area contributed by atoms with Gasteiger partial charge in [0.05, 0.1) is 11.3 Å². The van der Waals surface area contributed by atoms with Crippen LogP contribution in [0.4, 0.5) is 5.69 Å². The van der Waals surface area contributed by atoms with Crippen molar-refractivity contribution >= 4 is 22.6 Å². The molecule has 2 N–H and O–H groups in total. The molecule has 1 saturated heterocycles. The van der Waals surface area contributed by atoms with Crippen LogP contribution in [0.2, 0.25) is 0 Å². The van der Waals surface area contributed by atoms with E-state index in [0.717, 1.165) is 42.7 Å². The normalized spacial score (nSPS) is 23.8. The second-order valence-electron chi connectivity index (χ2n) is 7.55. The summed E-state index contributed by atoms with van der Waals surface area (Å²) in [4.78, 5) is 23.5. The minimum Gasteiger partial charge on any atom is -0.384 e. The largest absolute Gasteiger partial charge is 0.384 e. The summed E-state index contributed by atoms with van der Waals surface area (Å²) in [5.74, 6) is 0.748. The summed E-state index contributed by atoms with van der Waals surface area (Å²) < 4.78 is 0. The molecule has 3 heterocycles. The number of nitrogens with one attached hydrogen (secondary N) is 1. The summed E-state index contributed by atoms with van der Waals surface area (Å²) in [6.07, 6.45) is 4.53. The molecule has 7 nitrogen and oxygen atoms in total. The Hall–Kier alpha value is -2.59. The second-order valence-corrected chi connectivity index (χ2v) is 7.55. The lowest BCUT2D eigenvalue weighted by molar-refractivity contribution is -0.138. The molecule has 1 amide bonds. The fraction of sp³-hybridized carbons (Fsp3) is 0.526. The third-order valence-electron chi connectivity index (χ3n) is 5.97. The summed E-state index contributed by atoms with van der Waals surface area (Å²) in [5, 5.41) is 20.0. The van der Waals surface area contributed by atoms with E-state index < -0.39 is 6.10 Å². The maximum absolute atomic E-state index is 12.0. The first-order chi connectivity index (χ1) is 12.5. The molecule has 2 aliphatic rings. The van der Waals surface area contributed by atoms with E-state index in [1.54, 1.807) is 11.1 Å². The predicted molar refractivity (Wildman–Crippen MR) is 97.5 cm³/mol. The van der Waals surface area contributed by atoms with E-state index in [2.05, 4.69) is 20.9 Å². The Morgan fingerprint density at radius 2 is 2.15 bits per heavy atom. The van der Waals surface area contributed by atoms with E-state index in [9.17, 15) is 15.2 Å². The molecular formula is C19H23N5O2. The van der Waals surface area contributed by atoms with Gasteiger partial charge in [0, 0.05) is 44.0 Å². The molecule has 3 atom stereocenters. The van der Waals surface area contributed by atoms with Crippen molar-refractivity contribution < 1.29 is 9.90 Å². The van der Waals surface area contributed by atoms with Gasteiger partial charge in [-0.1, -0.05) is 0 Å². The van der Waals surface area contributed by atoms with E-state index in [0.29, 0.717) is 23.4 Å². The number of nitriles is 1. The highest BCUT2D eigenvalue weighted by molar-refractivity contribution is 5.93. The van der Waals surface area contributed by atoms with Gasteiger partial charge in [0.1, 0.15) is 17.8 Å². The van der Waals surface area contributed by atoms with Crippen LogP contribution in [-0.2, 0) is 4.79 Å².